The van der Waals surface area contributed by atoms with Crippen molar-refractivity contribution in [1.82, 2.24) is 10.6 Å². The highest BCUT2D eigenvalue weighted by Gasteiger charge is 2.32. The highest BCUT2D eigenvalue weighted by Crippen LogP contribution is 2.35. The topological polar surface area (TPSA) is 85.9 Å². The van der Waals surface area contributed by atoms with E-state index in [0.29, 0.717) is 40.0 Å². The first-order valence-corrected chi connectivity index (χ1v) is 9.22. The van der Waals surface area contributed by atoms with E-state index in [9.17, 15) is 9.59 Å². The van der Waals surface area contributed by atoms with Gasteiger partial charge in [0, 0.05) is 10.7 Å². The van der Waals surface area contributed by atoms with Crippen LogP contribution in [0.15, 0.2) is 53.7 Å². The summed E-state index contributed by atoms with van der Waals surface area (Å²) in [5.74, 6) is 0.486. The predicted molar refractivity (Wildman–Crippen MR) is 108 cm³/mol. The number of hydrogen-bond acceptors (Lipinski definition) is 5. The first-order valence-electron chi connectivity index (χ1n) is 8.84. The Balaban J connectivity index is 1.87. The monoisotopic (exact) mass is 416 g/mol. The number of rotatable bonds is 6. The lowest BCUT2D eigenvalue weighted by Crippen LogP contribution is -2.45. The molecule has 3 rings (SSSR count). The van der Waals surface area contributed by atoms with Crippen molar-refractivity contribution in [1.29, 1.82) is 0 Å². The number of esters is 1. The van der Waals surface area contributed by atoms with Crippen LogP contribution < -0.4 is 20.1 Å². The molecule has 2 aromatic carbocycles. The largest absolute Gasteiger partial charge is 0.493 e. The Morgan fingerprint density at radius 3 is 2.48 bits per heavy atom. The van der Waals surface area contributed by atoms with Gasteiger partial charge in [-0.15, -0.1) is 0 Å². The number of halogens is 1. The van der Waals surface area contributed by atoms with E-state index in [-0.39, 0.29) is 0 Å². The zero-order chi connectivity index (χ0) is 21.0. The van der Waals surface area contributed by atoms with Crippen LogP contribution in [-0.4, -0.2) is 26.2 Å². The molecule has 1 heterocycles. The molecule has 2 amide bonds. The maximum atomic E-state index is 12.2. The van der Waals surface area contributed by atoms with E-state index < -0.39 is 18.0 Å². The molecule has 29 heavy (non-hydrogen) atoms. The van der Waals surface area contributed by atoms with E-state index in [0.717, 1.165) is 5.56 Å². The van der Waals surface area contributed by atoms with Gasteiger partial charge < -0.3 is 24.8 Å². The maximum Gasteiger partial charge on any atom is 0.337 e. The minimum atomic E-state index is -0.671. The van der Waals surface area contributed by atoms with E-state index in [1.165, 1.54) is 14.2 Å². The van der Waals surface area contributed by atoms with Gasteiger partial charge in [0.1, 0.15) is 6.61 Å². The van der Waals surface area contributed by atoms with Gasteiger partial charge in [-0.3, -0.25) is 0 Å². The summed E-state index contributed by atoms with van der Waals surface area (Å²) >= 11 is 5.90. The van der Waals surface area contributed by atoms with E-state index in [4.69, 9.17) is 25.8 Å². The molecule has 0 aliphatic carbocycles. The van der Waals surface area contributed by atoms with Crippen LogP contribution in [0.2, 0.25) is 5.02 Å². The fraction of sp³-hybridized carbons (Fsp3) is 0.238. The van der Waals surface area contributed by atoms with Crippen LogP contribution in [0.1, 0.15) is 24.1 Å². The zero-order valence-corrected chi connectivity index (χ0v) is 17.0. The number of carbonyl (C=O) groups excluding carboxylic acids is 2. The number of ether oxygens (including phenoxy) is 3. The number of hydrogen-bond donors (Lipinski definition) is 2. The summed E-state index contributed by atoms with van der Waals surface area (Å²) in [7, 11) is 2.82. The van der Waals surface area contributed by atoms with E-state index in [2.05, 4.69) is 10.6 Å². The fourth-order valence-corrected chi connectivity index (χ4v) is 3.18. The quantitative estimate of drug-likeness (QED) is 0.701. The van der Waals surface area contributed by atoms with Crippen LogP contribution >= 0.6 is 11.6 Å². The molecular formula is C21H21ClN2O5. The molecule has 0 aromatic heterocycles. The van der Waals surface area contributed by atoms with Crippen LogP contribution in [0, 0.1) is 0 Å². The van der Waals surface area contributed by atoms with E-state index in [1.807, 2.05) is 12.1 Å². The Hall–Kier alpha value is -3.19. The third-order valence-electron chi connectivity index (χ3n) is 4.50. The van der Waals surface area contributed by atoms with Crippen molar-refractivity contribution >= 4 is 23.6 Å². The molecule has 0 fully saturated rings. The molecule has 0 radical (unpaired) electrons. The molecule has 1 aliphatic heterocycles. The van der Waals surface area contributed by atoms with Gasteiger partial charge >= 0.3 is 12.0 Å². The number of benzene rings is 2. The van der Waals surface area contributed by atoms with Crippen molar-refractivity contribution in [3.05, 3.63) is 69.9 Å². The molecule has 8 heteroatoms. The Morgan fingerprint density at radius 2 is 1.83 bits per heavy atom. The van der Waals surface area contributed by atoms with Gasteiger partial charge in [0.2, 0.25) is 0 Å². The molecule has 2 N–H and O–H groups in total. The second-order valence-electron chi connectivity index (χ2n) is 6.39. The van der Waals surface area contributed by atoms with Gasteiger partial charge in [-0.1, -0.05) is 29.8 Å². The van der Waals surface area contributed by atoms with Crippen molar-refractivity contribution in [3.8, 4) is 11.5 Å². The number of carbonyl (C=O) groups is 2. The standard InChI is InChI=1S/C21H21ClN2O5/c1-12-18(20(25)28-3)19(24-21(26)23-12)14-6-9-16(17(10-14)27-2)29-11-13-4-7-15(22)8-5-13/h4-10,19H,11H2,1-3H3,(H2,23,24,26). The summed E-state index contributed by atoms with van der Waals surface area (Å²) in [6.45, 7) is 1.99. The number of nitrogens with one attached hydrogen (secondary N) is 2. The second-order valence-corrected chi connectivity index (χ2v) is 6.82. The number of methoxy groups -OCH3 is 2. The van der Waals surface area contributed by atoms with Crippen molar-refractivity contribution in [3.63, 3.8) is 0 Å². The SMILES string of the molecule is COC(=O)C1=C(C)NC(=O)NC1c1ccc(OCc2ccc(Cl)cc2)c(OC)c1. The maximum absolute atomic E-state index is 12.2. The normalized spacial score (nSPS) is 16.0. The van der Waals surface area contributed by atoms with Crippen molar-refractivity contribution in [2.45, 2.75) is 19.6 Å². The number of allylic oxidation sites excluding steroid dienone is 1. The van der Waals surface area contributed by atoms with Gasteiger partial charge in [-0.2, -0.15) is 0 Å². The second kappa shape index (κ2) is 8.87. The smallest absolute Gasteiger partial charge is 0.337 e. The summed E-state index contributed by atoms with van der Waals surface area (Å²) in [5, 5.41) is 5.99. The average Bonchev–Trinajstić information content (AvgIpc) is 2.72. The molecule has 2 aromatic rings. The molecule has 0 bridgehead atoms. The van der Waals surface area contributed by atoms with Gasteiger partial charge in [-0.05, 0) is 42.3 Å². The fourth-order valence-electron chi connectivity index (χ4n) is 3.05. The Bertz CT molecular complexity index is 956. The van der Waals surface area contributed by atoms with Crippen LogP contribution in [0.25, 0.3) is 0 Å². The van der Waals surface area contributed by atoms with Crippen LogP contribution in [0.3, 0.4) is 0 Å². The Morgan fingerprint density at radius 1 is 1.10 bits per heavy atom. The molecular weight excluding hydrogens is 396 g/mol. The summed E-state index contributed by atoms with van der Waals surface area (Å²) in [4.78, 5) is 24.2. The van der Waals surface area contributed by atoms with Crippen LogP contribution in [0.4, 0.5) is 4.79 Å². The van der Waals surface area contributed by atoms with Crippen molar-refractivity contribution < 1.29 is 23.8 Å². The van der Waals surface area contributed by atoms with Gasteiger partial charge in [0.25, 0.3) is 0 Å². The first kappa shape index (κ1) is 20.5. The van der Waals surface area contributed by atoms with Gasteiger partial charge in [-0.25, -0.2) is 9.59 Å². The molecule has 152 valence electrons. The van der Waals surface area contributed by atoms with Crippen LogP contribution in [0.5, 0.6) is 11.5 Å². The lowest BCUT2D eigenvalue weighted by atomic mass is 9.95. The summed E-state index contributed by atoms with van der Waals surface area (Å²) < 4.78 is 16.2. The minimum Gasteiger partial charge on any atom is -0.493 e. The van der Waals surface area contributed by atoms with Crippen LogP contribution in [-0.2, 0) is 16.1 Å². The summed E-state index contributed by atoms with van der Waals surface area (Å²) in [6.07, 6.45) is 0. The Labute approximate surface area is 173 Å². The molecule has 0 spiro atoms. The Kier molecular flexibility index (Phi) is 6.29. The third kappa shape index (κ3) is 4.63. The zero-order valence-electron chi connectivity index (χ0n) is 16.2. The molecule has 7 nitrogen and oxygen atoms in total. The number of urea groups is 1. The molecule has 0 saturated heterocycles. The lowest BCUT2D eigenvalue weighted by molar-refractivity contribution is -0.136. The molecule has 1 atom stereocenters. The van der Waals surface area contributed by atoms with E-state index in [1.54, 1.807) is 37.3 Å². The van der Waals surface area contributed by atoms with Crippen molar-refractivity contribution in [2.24, 2.45) is 0 Å². The molecule has 1 unspecified atom stereocenters. The lowest BCUT2D eigenvalue weighted by Gasteiger charge is -2.28. The van der Waals surface area contributed by atoms with Gasteiger partial charge in [0.15, 0.2) is 11.5 Å². The van der Waals surface area contributed by atoms with Gasteiger partial charge in [0.05, 0.1) is 25.8 Å². The average molecular weight is 417 g/mol. The summed E-state index contributed by atoms with van der Waals surface area (Å²) in [5.41, 5.74) is 2.38. The third-order valence-corrected chi connectivity index (χ3v) is 4.76. The molecule has 0 saturated carbocycles. The minimum absolute atomic E-state index is 0.323. The van der Waals surface area contributed by atoms with Crippen molar-refractivity contribution in [2.75, 3.05) is 14.2 Å². The highest BCUT2D eigenvalue weighted by atomic mass is 35.5. The first-order chi connectivity index (χ1) is 13.9. The highest BCUT2D eigenvalue weighted by molar-refractivity contribution is 6.30. The molecule has 1 aliphatic rings. The number of amides is 2. The predicted octanol–water partition coefficient (Wildman–Crippen LogP) is 3.73. The van der Waals surface area contributed by atoms with E-state index >= 15 is 0 Å². The summed E-state index contributed by atoms with van der Waals surface area (Å²) in [6, 6.07) is 11.5.